The highest BCUT2D eigenvalue weighted by Gasteiger charge is 2.05. The van der Waals surface area contributed by atoms with Gasteiger partial charge < -0.3 is 10.5 Å². The second-order valence-electron chi connectivity index (χ2n) is 3.72. The molecule has 0 unspecified atom stereocenters. The van der Waals surface area contributed by atoms with E-state index in [2.05, 4.69) is 4.98 Å². The van der Waals surface area contributed by atoms with E-state index in [1.807, 2.05) is 0 Å². The number of hydrogen-bond donors (Lipinski definition) is 1. The van der Waals surface area contributed by atoms with Gasteiger partial charge in [0.1, 0.15) is 12.4 Å². The smallest absolute Gasteiger partial charge is 0.167 e. The molecule has 0 bridgehead atoms. The molecule has 0 saturated heterocycles. The molecule has 2 N–H and O–H groups in total. The van der Waals surface area contributed by atoms with Gasteiger partial charge in [-0.25, -0.2) is 8.78 Å². The van der Waals surface area contributed by atoms with Gasteiger partial charge in [0.25, 0.3) is 0 Å². The molecule has 0 fully saturated rings. The Bertz CT molecular complexity index is 546. The molecular formula is C13H12F2N2O. The number of benzene rings is 1. The molecule has 18 heavy (non-hydrogen) atoms. The summed E-state index contributed by atoms with van der Waals surface area (Å²) < 4.78 is 31.3. The highest BCUT2D eigenvalue weighted by atomic mass is 19.1. The zero-order chi connectivity index (χ0) is 13.0. The zero-order valence-corrected chi connectivity index (χ0v) is 9.57. The second-order valence-corrected chi connectivity index (χ2v) is 3.72. The first kappa shape index (κ1) is 12.4. The summed E-state index contributed by atoms with van der Waals surface area (Å²) in [6.07, 6.45) is 1.61. The Hall–Kier alpha value is -2.01. The first-order valence-electron chi connectivity index (χ1n) is 5.41. The van der Waals surface area contributed by atoms with E-state index < -0.39 is 11.6 Å². The maximum absolute atomic E-state index is 13.3. The van der Waals surface area contributed by atoms with Crippen molar-refractivity contribution >= 4 is 0 Å². The van der Waals surface area contributed by atoms with Crippen LogP contribution in [-0.2, 0) is 13.2 Å². The molecule has 0 amide bonds. The third kappa shape index (κ3) is 3.01. The van der Waals surface area contributed by atoms with E-state index >= 15 is 0 Å². The summed E-state index contributed by atoms with van der Waals surface area (Å²) in [5.74, 6) is -1.33. The summed E-state index contributed by atoms with van der Waals surface area (Å²) in [6, 6.07) is 6.72. The lowest BCUT2D eigenvalue weighted by molar-refractivity contribution is 0.289. The molecule has 1 aromatic carbocycles. The van der Waals surface area contributed by atoms with Gasteiger partial charge in [-0.05, 0) is 29.8 Å². The molecule has 0 aliphatic heterocycles. The number of nitrogens with two attached hydrogens (primary N) is 1. The molecule has 0 aliphatic carbocycles. The quantitative estimate of drug-likeness (QED) is 0.906. The van der Waals surface area contributed by atoms with Crippen LogP contribution in [0.5, 0.6) is 5.75 Å². The Labute approximate surface area is 103 Å². The highest BCUT2D eigenvalue weighted by Crippen LogP contribution is 2.19. The fraction of sp³-hybridized carbons (Fsp3) is 0.154. The van der Waals surface area contributed by atoms with Crippen LogP contribution in [0.4, 0.5) is 8.78 Å². The third-order valence-corrected chi connectivity index (χ3v) is 2.38. The minimum atomic E-state index is -0.719. The van der Waals surface area contributed by atoms with Gasteiger partial charge in [-0.1, -0.05) is 0 Å². The van der Waals surface area contributed by atoms with E-state index in [-0.39, 0.29) is 12.4 Å². The summed E-state index contributed by atoms with van der Waals surface area (Å²) in [5.41, 5.74) is 7.02. The molecule has 1 heterocycles. The van der Waals surface area contributed by atoms with E-state index in [1.165, 1.54) is 6.07 Å². The van der Waals surface area contributed by atoms with Crippen LogP contribution >= 0.6 is 0 Å². The molecule has 5 heteroatoms. The van der Waals surface area contributed by atoms with Crippen molar-refractivity contribution in [2.24, 2.45) is 5.73 Å². The maximum atomic E-state index is 13.3. The van der Waals surface area contributed by atoms with Crippen molar-refractivity contribution in [2.75, 3.05) is 0 Å². The van der Waals surface area contributed by atoms with Crippen LogP contribution in [0.1, 0.15) is 11.3 Å². The van der Waals surface area contributed by atoms with Gasteiger partial charge in [0.15, 0.2) is 11.6 Å². The van der Waals surface area contributed by atoms with Crippen LogP contribution < -0.4 is 10.5 Å². The fourth-order valence-electron chi connectivity index (χ4n) is 1.48. The Morgan fingerprint density at radius 1 is 1.17 bits per heavy atom. The molecule has 0 atom stereocenters. The number of aromatic nitrogens is 1. The van der Waals surface area contributed by atoms with Gasteiger partial charge in [0.05, 0.1) is 5.69 Å². The Morgan fingerprint density at radius 2 is 2.00 bits per heavy atom. The lowest BCUT2D eigenvalue weighted by Crippen LogP contribution is -2.02. The molecule has 0 spiro atoms. The van der Waals surface area contributed by atoms with E-state index in [1.54, 1.807) is 18.3 Å². The molecule has 2 aromatic rings. The normalized spacial score (nSPS) is 10.4. The molecule has 2 rings (SSSR count). The van der Waals surface area contributed by atoms with Gasteiger partial charge in [0.2, 0.25) is 0 Å². The largest absolute Gasteiger partial charge is 0.486 e. The van der Waals surface area contributed by atoms with E-state index in [4.69, 9.17) is 10.5 Å². The van der Waals surface area contributed by atoms with Crippen LogP contribution in [0.25, 0.3) is 0 Å². The lowest BCUT2D eigenvalue weighted by atomic mass is 10.2. The highest BCUT2D eigenvalue weighted by molar-refractivity contribution is 5.25. The van der Waals surface area contributed by atoms with Crippen LogP contribution in [0.15, 0.2) is 36.5 Å². The van der Waals surface area contributed by atoms with Gasteiger partial charge in [-0.15, -0.1) is 0 Å². The van der Waals surface area contributed by atoms with Gasteiger partial charge in [-0.2, -0.15) is 0 Å². The van der Waals surface area contributed by atoms with E-state index in [0.29, 0.717) is 6.54 Å². The summed E-state index contributed by atoms with van der Waals surface area (Å²) in [4.78, 5) is 4.04. The molecule has 0 radical (unpaired) electrons. The summed E-state index contributed by atoms with van der Waals surface area (Å²) in [6.45, 7) is 0.511. The molecule has 3 nitrogen and oxygen atoms in total. The van der Waals surface area contributed by atoms with E-state index in [9.17, 15) is 8.78 Å². The Kier molecular flexibility index (Phi) is 3.84. The molecule has 94 valence electrons. The van der Waals surface area contributed by atoms with Crippen LogP contribution in [-0.4, -0.2) is 4.98 Å². The number of ether oxygens (including phenoxy) is 1. The second kappa shape index (κ2) is 5.55. The van der Waals surface area contributed by atoms with Crippen LogP contribution in [0, 0.1) is 11.6 Å². The zero-order valence-electron chi connectivity index (χ0n) is 9.57. The predicted molar refractivity (Wildman–Crippen MR) is 62.8 cm³/mol. The van der Waals surface area contributed by atoms with Crippen LogP contribution in [0.3, 0.4) is 0 Å². The van der Waals surface area contributed by atoms with Gasteiger partial charge >= 0.3 is 0 Å². The summed E-state index contributed by atoms with van der Waals surface area (Å²) >= 11 is 0. The van der Waals surface area contributed by atoms with Gasteiger partial charge in [-0.3, -0.25) is 4.98 Å². The summed E-state index contributed by atoms with van der Waals surface area (Å²) in [5, 5.41) is 0. The molecule has 0 saturated carbocycles. The van der Waals surface area contributed by atoms with Crippen molar-refractivity contribution in [3.05, 3.63) is 59.4 Å². The molecule has 0 aliphatic rings. The van der Waals surface area contributed by atoms with Crippen molar-refractivity contribution in [1.29, 1.82) is 0 Å². The lowest BCUT2D eigenvalue weighted by Gasteiger charge is -2.08. The third-order valence-electron chi connectivity index (χ3n) is 2.38. The standard InChI is InChI=1S/C13H12F2N2O/c14-10-1-2-13(12(15)6-10)18-8-9-3-4-17-11(5-9)7-16/h1-6H,7-8,16H2. The fourth-order valence-corrected chi connectivity index (χ4v) is 1.48. The Morgan fingerprint density at radius 3 is 2.72 bits per heavy atom. The van der Waals surface area contributed by atoms with Crippen molar-refractivity contribution in [3.63, 3.8) is 0 Å². The van der Waals surface area contributed by atoms with Crippen molar-refractivity contribution in [2.45, 2.75) is 13.2 Å². The molecule has 1 aromatic heterocycles. The topological polar surface area (TPSA) is 48.1 Å². The van der Waals surface area contributed by atoms with E-state index in [0.717, 1.165) is 23.4 Å². The number of nitrogens with zero attached hydrogens (tertiary/aromatic N) is 1. The first-order chi connectivity index (χ1) is 8.69. The van der Waals surface area contributed by atoms with Gasteiger partial charge in [0, 0.05) is 18.8 Å². The molecular weight excluding hydrogens is 238 g/mol. The maximum Gasteiger partial charge on any atom is 0.167 e. The van der Waals surface area contributed by atoms with Crippen molar-refractivity contribution < 1.29 is 13.5 Å². The first-order valence-corrected chi connectivity index (χ1v) is 5.41. The van der Waals surface area contributed by atoms with Crippen LogP contribution in [0.2, 0.25) is 0 Å². The minimum absolute atomic E-state index is 0.0162. The summed E-state index contributed by atoms with van der Waals surface area (Å²) in [7, 11) is 0. The number of rotatable bonds is 4. The number of hydrogen-bond acceptors (Lipinski definition) is 3. The number of pyridine rings is 1. The minimum Gasteiger partial charge on any atom is -0.486 e. The average molecular weight is 250 g/mol. The average Bonchev–Trinajstić information content (AvgIpc) is 2.38. The SMILES string of the molecule is NCc1cc(COc2ccc(F)cc2F)ccn1. The van der Waals surface area contributed by atoms with Crippen molar-refractivity contribution in [3.8, 4) is 5.75 Å². The predicted octanol–water partition coefficient (Wildman–Crippen LogP) is 2.40. The monoisotopic (exact) mass is 250 g/mol. The Balaban J connectivity index is 2.06. The number of halogens is 2. The van der Waals surface area contributed by atoms with Crippen molar-refractivity contribution in [1.82, 2.24) is 4.98 Å².